The molecule has 0 amide bonds. The third-order valence-corrected chi connectivity index (χ3v) is 20.6. The molecule has 19 heteroatoms. The van der Waals surface area contributed by atoms with Gasteiger partial charge in [-0.25, -0.2) is 9.13 Å². The van der Waals surface area contributed by atoms with Crippen LogP contribution in [0.15, 0.2) is 0 Å². The number of unbranched alkanes of at least 4 members (excludes halogenated alkanes) is 49. The highest BCUT2D eigenvalue weighted by Crippen LogP contribution is 2.45. The van der Waals surface area contributed by atoms with Gasteiger partial charge >= 0.3 is 39.5 Å². The number of carbonyl (C=O) groups excluding carboxylic acids is 4. The van der Waals surface area contributed by atoms with E-state index < -0.39 is 97.5 Å². The molecule has 0 saturated carbocycles. The Morgan fingerprint density at radius 3 is 0.687 bits per heavy atom. The molecule has 2 unspecified atom stereocenters. The Morgan fingerprint density at radius 2 is 0.465 bits per heavy atom. The van der Waals surface area contributed by atoms with Gasteiger partial charge in [0, 0.05) is 25.7 Å². The van der Waals surface area contributed by atoms with Gasteiger partial charge in [0.05, 0.1) is 26.4 Å². The van der Waals surface area contributed by atoms with E-state index in [1.807, 2.05) is 0 Å². The van der Waals surface area contributed by atoms with E-state index in [0.29, 0.717) is 25.7 Å². The molecule has 0 aromatic carbocycles. The maximum Gasteiger partial charge on any atom is 0.472 e. The average Bonchev–Trinajstić information content (AvgIpc) is 0.995. The third-order valence-electron chi connectivity index (χ3n) is 18.7. The molecule has 0 fully saturated rings. The van der Waals surface area contributed by atoms with Crippen molar-refractivity contribution in [1.29, 1.82) is 0 Å². The van der Waals surface area contributed by atoms with Crippen LogP contribution in [0, 0.1) is 11.8 Å². The van der Waals surface area contributed by atoms with Gasteiger partial charge in [0.1, 0.15) is 19.3 Å². The summed E-state index contributed by atoms with van der Waals surface area (Å²) in [6.45, 7) is 9.67. The summed E-state index contributed by atoms with van der Waals surface area (Å²) < 4.78 is 68.6. The molecule has 0 spiro atoms. The number of esters is 4. The van der Waals surface area contributed by atoms with Gasteiger partial charge in [-0.2, -0.15) is 0 Å². The van der Waals surface area contributed by atoms with Crippen LogP contribution in [0.5, 0.6) is 0 Å². The molecule has 588 valence electrons. The molecule has 0 bridgehead atoms. The van der Waals surface area contributed by atoms with Crippen LogP contribution >= 0.6 is 15.6 Å². The van der Waals surface area contributed by atoms with Gasteiger partial charge in [-0.1, -0.05) is 369 Å². The Balaban J connectivity index is 5.20. The summed E-state index contributed by atoms with van der Waals surface area (Å²) >= 11 is 0. The van der Waals surface area contributed by atoms with E-state index in [9.17, 15) is 43.2 Å². The van der Waals surface area contributed by atoms with Crippen molar-refractivity contribution in [2.45, 2.75) is 439 Å². The van der Waals surface area contributed by atoms with Crippen molar-refractivity contribution in [2.24, 2.45) is 11.8 Å². The van der Waals surface area contributed by atoms with E-state index in [-0.39, 0.29) is 25.7 Å². The largest absolute Gasteiger partial charge is 0.472 e. The van der Waals surface area contributed by atoms with Gasteiger partial charge in [0.25, 0.3) is 0 Å². The van der Waals surface area contributed by atoms with Crippen LogP contribution in [-0.2, 0) is 65.4 Å². The standard InChI is InChI=1S/C80H156O17P2/c1-7-9-11-13-15-17-31-40-46-52-58-64-79(84)96-75(68-90-77(82)62-56-50-44-38-18-16-14-12-10-8-2)70-94-98(86,87)92-66-74(81)67-93-99(88,89)95-71-76(69-91-78(83)63-57-51-45-39-34-29-26-25-28-33-37-43-49-55-61-73(5)6)97-80(85)65-59-53-47-41-35-30-24-22-20-19-21-23-27-32-36-42-48-54-60-72(3)4/h72-76,81H,7-71H2,1-6H3,(H,86,87)(H,88,89)/t74-,75+,76+/m0/s1. The smallest absolute Gasteiger partial charge is 0.462 e. The monoisotopic (exact) mass is 1450 g/mol. The number of hydrogen-bond donors (Lipinski definition) is 3. The maximum atomic E-state index is 13.1. The summed E-state index contributed by atoms with van der Waals surface area (Å²) in [5.74, 6) is -0.490. The van der Waals surface area contributed by atoms with Crippen LogP contribution in [0.25, 0.3) is 0 Å². The van der Waals surface area contributed by atoms with Gasteiger partial charge in [0.15, 0.2) is 12.2 Å². The second-order valence-corrected chi connectivity index (χ2v) is 32.7. The minimum absolute atomic E-state index is 0.107. The molecular formula is C80H156O17P2. The van der Waals surface area contributed by atoms with Gasteiger partial charge in [0.2, 0.25) is 0 Å². The van der Waals surface area contributed by atoms with Crippen molar-refractivity contribution in [3.05, 3.63) is 0 Å². The lowest BCUT2D eigenvalue weighted by Gasteiger charge is -2.21. The van der Waals surface area contributed by atoms with Crippen molar-refractivity contribution in [3.63, 3.8) is 0 Å². The second kappa shape index (κ2) is 71.7. The molecule has 5 atom stereocenters. The van der Waals surface area contributed by atoms with Crippen molar-refractivity contribution >= 4 is 39.5 Å². The van der Waals surface area contributed by atoms with Crippen molar-refractivity contribution in [1.82, 2.24) is 0 Å². The summed E-state index contributed by atoms with van der Waals surface area (Å²) in [4.78, 5) is 72.9. The van der Waals surface area contributed by atoms with E-state index in [1.54, 1.807) is 0 Å². The molecule has 0 heterocycles. The van der Waals surface area contributed by atoms with Crippen LogP contribution < -0.4 is 0 Å². The van der Waals surface area contributed by atoms with Crippen LogP contribution in [0.2, 0.25) is 0 Å². The summed E-state index contributed by atoms with van der Waals surface area (Å²) in [5.41, 5.74) is 0. The second-order valence-electron chi connectivity index (χ2n) is 29.8. The third kappa shape index (κ3) is 74.1. The molecule has 0 aromatic rings. The fraction of sp³-hybridized carbons (Fsp3) is 0.950. The number of carbonyl (C=O) groups is 4. The lowest BCUT2D eigenvalue weighted by Crippen LogP contribution is -2.30. The molecule has 99 heavy (non-hydrogen) atoms. The number of rotatable bonds is 79. The van der Waals surface area contributed by atoms with E-state index >= 15 is 0 Å². The van der Waals surface area contributed by atoms with Gasteiger partial charge in [-0.3, -0.25) is 37.3 Å². The van der Waals surface area contributed by atoms with Crippen molar-refractivity contribution in [2.75, 3.05) is 39.6 Å². The van der Waals surface area contributed by atoms with E-state index in [0.717, 1.165) is 102 Å². The fourth-order valence-electron chi connectivity index (χ4n) is 12.4. The van der Waals surface area contributed by atoms with E-state index in [1.165, 1.54) is 238 Å². The molecule has 3 N–H and O–H groups in total. The van der Waals surface area contributed by atoms with Crippen LogP contribution in [0.1, 0.15) is 420 Å². The molecule has 0 saturated heterocycles. The maximum absolute atomic E-state index is 13.1. The van der Waals surface area contributed by atoms with Crippen LogP contribution in [0.4, 0.5) is 0 Å². The zero-order valence-electron chi connectivity index (χ0n) is 64.8. The summed E-state index contributed by atoms with van der Waals surface area (Å²) in [7, 11) is -9.91. The number of phosphoric acid groups is 2. The van der Waals surface area contributed by atoms with Gasteiger partial charge in [-0.15, -0.1) is 0 Å². The first kappa shape index (κ1) is 97.1. The molecule has 0 aliphatic rings. The highest BCUT2D eigenvalue weighted by atomic mass is 31.2. The molecular weight excluding hydrogens is 1290 g/mol. The van der Waals surface area contributed by atoms with Crippen LogP contribution in [-0.4, -0.2) is 96.7 Å². The SMILES string of the molecule is CCCCCCCCCCCCCC(=O)O[C@H](COC(=O)CCCCCCCCCCCC)COP(=O)(O)OC[C@H](O)COP(=O)(O)OC[C@@H](COC(=O)CCCCCCCCCCCCCCCCC(C)C)OC(=O)CCCCCCCCCCCCCCCCCCCCC(C)C. The minimum atomic E-state index is -4.96. The van der Waals surface area contributed by atoms with E-state index in [2.05, 4.69) is 41.5 Å². The first-order chi connectivity index (χ1) is 47.9. The summed E-state index contributed by atoms with van der Waals surface area (Å²) in [6.07, 6.45) is 61.0. The van der Waals surface area contributed by atoms with Gasteiger partial charge < -0.3 is 33.8 Å². The Morgan fingerprint density at radius 1 is 0.273 bits per heavy atom. The average molecular weight is 1450 g/mol. The molecule has 0 radical (unpaired) electrons. The number of phosphoric ester groups is 2. The molecule has 17 nitrogen and oxygen atoms in total. The first-order valence-electron chi connectivity index (χ1n) is 41.5. The zero-order chi connectivity index (χ0) is 72.8. The highest BCUT2D eigenvalue weighted by Gasteiger charge is 2.30. The normalized spacial score (nSPS) is 13.9. The topological polar surface area (TPSA) is 237 Å². The lowest BCUT2D eigenvalue weighted by molar-refractivity contribution is -0.161. The number of aliphatic hydroxyl groups excluding tert-OH is 1. The zero-order valence-corrected chi connectivity index (χ0v) is 66.6. The van der Waals surface area contributed by atoms with Crippen LogP contribution in [0.3, 0.4) is 0 Å². The Hall–Kier alpha value is -1.94. The van der Waals surface area contributed by atoms with Crippen molar-refractivity contribution in [3.8, 4) is 0 Å². The Labute approximate surface area is 607 Å². The predicted octanol–water partition coefficient (Wildman–Crippen LogP) is 23.9. The van der Waals surface area contributed by atoms with E-state index in [4.69, 9.17) is 37.0 Å². The lowest BCUT2D eigenvalue weighted by atomic mass is 10.0. The Kier molecular flexibility index (Phi) is 70.3. The first-order valence-corrected chi connectivity index (χ1v) is 44.5. The fourth-order valence-corrected chi connectivity index (χ4v) is 13.9. The quantitative estimate of drug-likeness (QED) is 0.0222. The molecule has 0 aliphatic carbocycles. The molecule has 0 aliphatic heterocycles. The molecule has 0 aromatic heterocycles. The van der Waals surface area contributed by atoms with Crippen molar-refractivity contribution < 1.29 is 80.2 Å². The number of hydrogen-bond acceptors (Lipinski definition) is 15. The van der Waals surface area contributed by atoms with Gasteiger partial charge in [-0.05, 0) is 37.5 Å². The number of ether oxygens (including phenoxy) is 4. The highest BCUT2D eigenvalue weighted by molar-refractivity contribution is 7.47. The molecule has 0 rings (SSSR count). The minimum Gasteiger partial charge on any atom is -0.462 e. The summed E-state index contributed by atoms with van der Waals surface area (Å²) in [5, 5.41) is 10.6. The number of aliphatic hydroxyl groups is 1. The Bertz CT molecular complexity index is 1910. The predicted molar refractivity (Wildman–Crippen MR) is 405 cm³/mol. The summed E-state index contributed by atoms with van der Waals surface area (Å²) in [6, 6.07) is 0.